The van der Waals surface area contributed by atoms with E-state index in [-0.39, 0.29) is 0 Å². The maximum absolute atomic E-state index is 4.52. The van der Waals surface area contributed by atoms with E-state index < -0.39 is 0 Å². The fraction of sp³-hybridized carbons (Fsp3) is 0.400. The lowest BCUT2D eigenvalue weighted by atomic mass is 10.1. The Hall–Kier alpha value is -0.810. The molecular weight excluding hydrogens is 382 g/mol. The first-order chi connectivity index (χ1) is 9.43. The number of hydrogen-bond donors (Lipinski definition) is 1. The Morgan fingerprint density at radius 1 is 1.25 bits per heavy atom. The first-order valence-electron chi connectivity index (χ1n) is 6.64. The van der Waals surface area contributed by atoms with E-state index in [0.717, 1.165) is 39.0 Å². The van der Waals surface area contributed by atoms with Crippen molar-refractivity contribution in [2.24, 2.45) is 7.05 Å². The summed E-state index contributed by atoms with van der Waals surface area (Å²) in [5, 5.41) is 8.02. The van der Waals surface area contributed by atoms with Gasteiger partial charge in [-0.1, -0.05) is 13.0 Å². The van der Waals surface area contributed by atoms with Gasteiger partial charge in [0.2, 0.25) is 0 Å². The highest BCUT2D eigenvalue weighted by Crippen LogP contribution is 2.29. The molecule has 0 atom stereocenters. The van der Waals surface area contributed by atoms with Crippen LogP contribution in [-0.4, -0.2) is 9.78 Å². The van der Waals surface area contributed by atoms with Crippen molar-refractivity contribution < 1.29 is 0 Å². The van der Waals surface area contributed by atoms with Gasteiger partial charge in [0.1, 0.15) is 0 Å². The van der Waals surface area contributed by atoms with Gasteiger partial charge in [0.25, 0.3) is 0 Å². The van der Waals surface area contributed by atoms with E-state index in [4.69, 9.17) is 0 Å². The van der Waals surface area contributed by atoms with E-state index in [2.05, 4.69) is 75.2 Å². The minimum atomic E-state index is 0.743. The van der Waals surface area contributed by atoms with Gasteiger partial charge in [0.15, 0.2) is 0 Å². The average Bonchev–Trinajstić information content (AvgIpc) is 2.64. The predicted octanol–water partition coefficient (Wildman–Crippen LogP) is 4.74. The average molecular weight is 401 g/mol. The summed E-state index contributed by atoms with van der Waals surface area (Å²) in [6.45, 7) is 7.08. The van der Waals surface area contributed by atoms with Gasteiger partial charge in [0.05, 0.1) is 28.1 Å². The second-order valence-electron chi connectivity index (χ2n) is 4.98. The molecule has 0 radical (unpaired) electrons. The molecule has 20 heavy (non-hydrogen) atoms. The summed E-state index contributed by atoms with van der Waals surface area (Å²) in [4.78, 5) is 0. The summed E-state index contributed by atoms with van der Waals surface area (Å²) in [7, 11) is 1.98. The highest BCUT2D eigenvalue weighted by molar-refractivity contribution is 9.11. The molecule has 0 amide bonds. The molecule has 0 aliphatic rings. The van der Waals surface area contributed by atoms with Gasteiger partial charge in [0, 0.05) is 11.5 Å². The molecule has 1 aromatic heterocycles. The number of aromatic nitrogens is 2. The van der Waals surface area contributed by atoms with E-state index in [1.165, 1.54) is 11.1 Å². The summed E-state index contributed by atoms with van der Waals surface area (Å²) in [5.74, 6) is 0. The van der Waals surface area contributed by atoms with Crippen LogP contribution < -0.4 is 5.32 Å². The van der Waals surface area contributed by atoms with Crippen LogP contribution in [0.15, 0.2) is 21.1 Å². The zero-order chi connectivity index (χ0) is 14.9. The van der Waals surface area contributed by atoms with Crippen LogP contribution in [0.5, 0.6) is 0 Å². The van der Waals surface area contributed by atoms with Crippen molar-refractivity contribution in [3.05, 3.63) is 43.6 Å². The molecule has 3 nitrogen and oxygen atoms in total. The third-order valence-electron chi connectivity index (χ3n) is 3.37. The zero-order valence-electron chi connectivity index (χ0n) is 12.2. The van der Waals surface area contributed by atoms with Gasteiger partial charge >= 0.3 is 0 Å². The molecule has 0 spiro atoms. The van der Waals surface area contributed by atoms with Crippen molar-refractivity contribution in [3.8, 4) is 0 Å². The molecule has 1 N–H and O–H groups in total. The molecule has 5 heteroatoms. The normalized spacial score (nSPS) is 10.9. The maximum atomic E-state index is 4.52. The van der Waals surface area contributed by atoms with Crippen LogP contribution in [0.3, 0.4) is 0 Å². The summed E-state index contributed by atoms with van der Waals surface area (Å²) in [6, 6.07) is 4.31. The van der Waals surface area contributed by atoms with Crippen molar-refractivity contribution in [2.45, 2.75) is 33.7 Å². The summed E-state index contributed by atoms with van der Waals surface area (Å²) >= 11 is 7.28. The smallest absolute Gasteiger partial charge is 0.0767 e. The molecule has 2 aromatic rings. The molecule has 0 fully saturated rings. The quantitative estimate of drug-likeness (QED) is 0.803. The minimum Gasteiger partial charge on any atom is -0.378 e. The lowest BCUT2D eigenvalue weighted by molar-refractivity contribution is 0.706. The van der Waals surface area contributed by atoms with Gasteiger partial charge in [-0.3, -0.25) is 4.68 Å². The van der Waals surface area contributed by atoms with Crippen molar-refractivity contribution in [1.29, 1.82) is 0 Å². The maximum Gasteiger partial charge on any atom is 0.0767 e. The lowest BCUT2D eigenvalue weighted by Crippen LogP contribution is -2.07. The Bertz CT molecular complexity index is 609. The monoisotopic (exact) mass is 399 g/mol. The SMILES string of the molecule is CCc1nn(C)c(CNc2c(C)cc(C)cc2Br)c1Br. The van der Waals surface area contributed by atoms with E-state index in [1.807, 2.05) is 11.7 Å². The molecule has 2 rings (SSSR count). The molecule has 0 aliphatic carbocycles. The first kappa shape index (κ1) is 15.6. The highest BCUT2D eigenvalue weighted by atomic mass is 79.9. The number of hydrogen-bond acceptors (Lipinski definition) is 2. The van der Waals surface area contributed by atoms with Crippen LogP contribution in [0.4, 0.5) is 5.69 Å². The number of benzene rings is 1. The van der Waals surface area contributed by atoms with E-state index in [9.17, 15) is 0 Å². The lowest BCUT2D eigenvalue weighted by Gasteiger charge is -2.13. The second-order valence-corrected chi connectivity index (χ2v) is 6.62. The van der Waals surface area contributed by atoms with Crippen LogP contribution in [0.2, 0.25) is 0 Å². The number of anilines is 1. The summed E-state index contributed by atoms with van der Waals surface area (Å²) < 4.78 is 4.15. The molecule has 0 saturated carbocycles. The summed E-state index contributed by atoms with van der Waals surface area (Å²) in [6.07, 6.45) is 0.932. The minimum absolute atomic E-state index is 0.743. The van der Waals surface area contributed by atoms with Gasteiger partial charge < -0.3 is 5.32 Å². The number of halogens is 2. The van der Waals surface area contributed by atoms with Crippen molar-refractivity contribution in [3.63, 3.8) is 0 Å². The van der Waals surface area contributed by atoms with Crippen LogP contribution in [-0.2, 0) is 20.0 Å². The number of nitrogens with one attached hydrogen (secondary N) is 1. The van der Waals surface area contributed by atoms with Gasteiger partial charge in [-0.15, -0.1) is 0 Å². The third-order valence-corrected chi connectivity index (χ3v) is 4.91. The van der Waals surface area contributed by atoms with Gasteiger partial charge in [-0.05, 0) is 69.3 Å². The van der Waals surface area contributed by atoms with Crippen molar-refractivity contribution in [1.82, 2.24) is 9.78 Å². The number of rotatable bonds is 4. The fourth-order valence-electron chi connectivity index (χ4n) is 2.32. The molecule has 1 heterocycles. The summed E-state index contributed by atoms with van der Waals surface area (Å²) in [5.41, 5.74) is 5.90. The van der Waals surface area contributed by atoms with Crippen LogP contribution in [0, 0.1) is 13.8 Å². The van der Waals surface area contributed by atoms with E-state index in [1.54, 1.807) is 0 Å². The fourth-order valence-corrected chi connectivity index (χ4v) is 3.89. The Balaban J connectivity index is 2.24. The standard InChI is InChI=1S/C15H19Br2N3/c1-5-12-14(17)13(20(4)19-12)8-18-15-10(3)6-9(2)7-11(15)16/h6-7,18H,5,8H2,1-4H3. The zero-order valence-corrected chi connectivity index (χ0v) is 15.4. The Morgan fingerprint density at radius 2 is 1.95 bits per heavy atom. The molecule has 0 unspecified atom stereocenters. The third kappa shape index (κ3) is 3.09. The molecule has 108 valence electrons. The van der Waals surface area contributed by atoms with Crippen LogP contribution in [0.25, 0.3) is 0 Å². The topological polar surface area (TPSA) is 29.9 Å². The number of aryl methyl sites for hydroxylation is 4. The van der Waals surface area contributed by atoms with E-state index in [0.29, 0.717) is 0 Å². The number of nitrogens with zero attached hydrogens (tertiary/aromatic N) is 2. The Labute approximate surface area is 137 Å². The Morgan fingerprint density at radius 3 is 2.50 bits per heavy atom. The van der Waals surface area contributed by atoms with E-state index >= 15 is 0 Å². The Kier molecular flexibility index (Phi) is 4.91. The van der Waals surface area contributed by atoms with Crippen LogP contribution in [0.1, 0.15) is 29.4 Å². The van der Waals surface area contributed by atoms with Crippen LogP contribution >= 0.6 is 31.9 Å². The molecule has 1 aromatic carbocycles. The van der Waals surface area contributed by atoms with Gasteiger partial charge in [-0.2, -0.15) is 5.10 Å². The molecule has 0 saturated heterocycles. The molecule has 0 aliphatic heterocycles. The van der Waals surface area contributed by atoms with Gasteiger partial charge in [-0.25, -0.2) is 0 Å². The second kappa shape index (κ2) is 6.31. The van der Waals surface area contributed by atoms with Crippen molar-refractivity contribution >= 4 is 37.5 Å². The highest BCUT2D eigenvalue weighted by Gasteiger charge is 2.13. The predicted molar refractivity (Wildman–Crippen MR) is 91.2 cm³/mol. The largest absolute Gasteiger partial charge is 0.378 e. The molecule has 0 bridgehead atoms. The molecular formula is C15H19Br2N3. The van der Waals surface area contributed by atoms with Crippen molar-refractivity contribution in [2.75, 3.05) is 5.32 Å². The first-order valence-corrected chi connectivity index (χ1v) is 8.23.